The summed E-state index contributed by atoms with van der Waals surface area (Å²) in [6, 6.07) is 5.84. The van der Waals surface area contributed by atoms with Crippen LogP contribution in [0.2, 0.25) is 0 Å². The lowest BCUT2D eigenvalue weighted by molar-refractivity contribution is 0.416. The van der Waals surface area contributed by atoms with Crippen LogP contribution in [0, 0.1) is 6.92 Å². The Balaban J connectivity index is 2.00. The lowest BCUT2D eigenvalue weighted by Crippen LogP contribution is -2.07. The van der Waals surface area contributed by atoms with Crippen molar-refractivity contribution in [3.8, 4) is 11.6 Å². The van der Waals surface area contributed by atoms with E-state index in [1.165, 1.54) is 6.33 Å². The summed E-state index contributed by atoms with van der Waals surface area (Å²) in [6.45, 7) is 2.00. The molecule has 7 nitrogen and oxygen atoms in total. The summed E-state index contributed by atoms with van der Waals surface area (Å²) in [7, 11) is 1.62. The van der Waals surface area contributed by atoms with E-state index >= 15 is 0 Å². The van der Waals surface area contributed by atoms with Crippen molar-refractivity contribution in [1.29, 1.82) is 0 Å². The molecule has 0 aliphatic heterocycles. The zero-order valence-electron chi connectivity index (χ0n) is 12.3. The standard InChI is InChI=1S/C15H16N6O/c1-10-3-4-12(22-2)11(7-10)20-14-13(16)15(19-8-18-14)21-6-5-17-9-21/h3-9H,16H2,1-2H3,(H,18,19,20). The van der Waals surface area contributed by atoms with Crippen LogP contribution >= 0.6 is 0 Å². The van der Waals surface area contributed by atoms with Crippen molar-refractivity contribution in [1.82, 2.24) is 19.5 Å². The molecule has 0 aliphatic carbocycles. The first-order chi connectivity index (χ1) is 10.7. The lowest BCUT2D eigenvalue weighted by atomic mass is 10.2. The fraction of sp³-hybridized carbons (Fsp3) is 0.133. The zero-order valence-corrected chi connectivity index (χ0v) is 12.3. The number of hydrogen-bond donors (Lipinski definition) is 2. The number of hydrogen-bond acceptors (Lipinski definition) is 6. The van der Waals surface area contributed by atoms with Gasteiger partial charge in [-0.05, 0) is 24.6 Å². The quantitative estimate of drug-likeness (QED) is 0.767. The fourth-order valence-electron chi connectivity index (χ4n) is 2.12. The van der Waals surface area contributed by atoms with Crippen LogP contribution in [-0.4, -0.2) is 26.6 Å². The Morgan fingerprint density at radius 2 is 2.14 bits per heavy atom. The second kappa shape index (κ2) is 5.72. The molecule has 0 bridgehead atoms. The fourth-order valence-corrected chi connectivity index (χ4v) is 2.12. The molecule has 0 atom stereocenters. The number of aryl methyl sites for hydroxylation is 1. The summed E-state index contributed by atoms with van der Waals surface area (Å²) in [4.78, 5) is 12.4. The number of benzene rings is 1. The van der Waals surface area contributed by atoms with Gasteiger partial charge in [-0.2, -0.15) is 0 Å². The maximum absolute atomic E-state index is 6.18. The first-order valence-electron chi connectivity index (χ1n) is 6.69. The van der Waals surface area contributed by atoms with E-state index in [-0.39, 0.29) is 0 Å². The topological polar surface area (TPSA) is 90.9 Å². The Bertz CT molecular complexity index is 785. The maximum atomic E-state index is 6.18. The number of anilines is 3. The van der Waals surface area contributed by atoms with Crippen molar-refractivity contribution in [2.24, 2.45) is 0 Å². The van der Waals surface area contributed by atoms with E-state index in [1.54, 1.807) is 30.4 Å². The molecule has 0 saturated carbocycles. The van der Waals surface area contributed by atoms with E-state index in [0.29, 0.717) is 23.1 Å². The van der Waals surface area contributed by atoms with E-state index in [4.69, 9.17) is 10.5 Å². The largest absolute Gasteiger partial charge is 0.495 e. The van der Waals surface area contributed by atoms with E-state index in [0.717, 1.165) is 11.3 Å². The average molecular weight is 296 g/mol. The second-order valence-electron chi connectivity index (χ2n) is 4.76. The molecule has 112 valence electrons. The summed E-state index contributed by atoms with van der Waals surface area (Å²) in [5, 5.41) is 3.20. The summed E-state index contributed by atoms with van der Waals surface area (Å²) in [6.07, 6.45) is 6.53. The zero-order chi connectivity index (χ0) is 15.5. The number of nitrogens with zero attached hydrogens (tertiary/aromatic N) is 4. The molecule has 3 rings (SSSR count). The normalized spacial score (nSPS) is 10.5. The smallest absolute Gasteiger partial charge is 0.166 e. The summed E-state index contributed by atoms with van der Waals surface area (Å²) >= 11 is 0. The Labute approximate surface area is 127 Å². The molecule has 0 fully saturated rings. The van der Waals surface area contributed by atoms with Gasteiger partial charge < -0.3 is 15.8 Å². The number of rotatable bonds is 4. The second-order valence-corrected chi connectivity index (χ2v) is 4.76. The molecule has 0 aliphatic rings. The van der Waals surface area contributed by atoms with Crippen LogP contribution in [0.5, 0.6) is 5.75 Å². The van der Waals surface area contributed by atoms with Crippen LogP contribution in [0.4, 0.5) is 17.2 Å². The van der Waals surface area contributed by atoms with Gasteiger partial charge in [0.15, 0.2) is 11.6 Å². The molecule has 0 spiro atoms. The molecule has 3 N–H and O–H groups in total. The Kier molecular flexibility index (Phi) is 3.61. The number of methoxy groups -OCH3 is 1. The number of nitrogens with two attached hydrogens (primary N) is 1. The van der Waals surface area contributed by atoms with Crippen LogP contribution in [0.3, 0.4) is 0 Å². The highest BCUT2D eigenvalue weighted by atomic mass is 16.5. The number of imidazole rings is 1. The third-order valence-electron chi connectivity index (χ3n) is 3.22. The van der Waals surface area contributed by atoms with Crippen LogP contribution in [0.1, 0.15) is 5.56 Å². The van der Waals surface area contributed by atoms with Gasteiger partial charge in [-0.15, -0.1) is 0 Å². The van der Waals surface area contributed by atoms with Gasteiger partial charge in [0, 0.05) is 12.4 Å². The predicted octanol–water partition coefficient (Wildman–Crippen LogP) is 2.31. The average Bonchev–Trinajstić information content (AvgIpc) is 3.04. The summed E-state index contributed by atoms with van der Waals surface area (Å²) in [5.74, 6) is 1.80. The maximum Gasteiger partial charge on any atom is 0.166 e. The van der Waals surface area contributed by atoms with Crippen molar-refractivity contribution in [2.45, 2.75) is 6.92 Å². The molecule has 0 unspecified atom stereocenters. The highest BCUT2D eigenvalue weighted by Gasteiger charge is 2.12. The third kappa shape index (κ3) is 2.56. The van der Waals surface area contributed by atoms with Crippen molar-refractivity contribution in [3.05, 3.63) is 48.8 Å². The van der Waals surface area contributed by atoms with Gasteiger partial charge in [0.1, 0.15) is 24.1 Å². The molecule has 0 saturated heterocycles. The monoisotopic (exact) mass is 296 g/mol. The molecule has 1 aromatic carbocycles. The highest BCUT2D eigenvalue weighted by molar-refractivity contribution is 5.76. The predicted molar refractivity (Wildman–Crippen MR) is 84.6 cm³/mol. The van der Waals surface area contributed by atoms with Crippen LogP contribution < -0.4 is 15.8 Å². The van der Waals surface area contributed by atoms with Gasteiger partial charge in [0.25, 0.3) is 0 Å². The molecular weight excluding hydrogens is 280 g/mol. The van der Waals surface area contributed by atoms with Crippen molar-refractivity contribution in [3.63, 3.8) is 0 Å². The molecule has 22 heavy (non-hydrogen) atoms. The molecule has 7 heteroatoms. The molecule has 0 radical (unpaired) electrons. The Hall–Kier alpha value is -3.09. The molecule has 2 aromatic heterocycles. The SMILES string of the molecule is COc1ccc(C)cc1Nc1ncnc(-n2ccnc2)c1N. The molecular formula is C15H16N6O. The van der Waals surface area contributed by atoms with E-state index in [9.17, 15) is 0 Å². The van der Waals surface area contributed by atoms with Crippen LogP contribution in [0.25, 0.3) is 5.82 Å². The number of ether oxygens (including phenoxy) is 1. The number of aromatic nitrogens is 4. The Morgan fingerprint density at radius 3 is 2.86 bits per heavy atom. The van der Waals surface area contributed by atoms with Gasteiger partial charge >= 0.3 is 0 Å². The van der Waals surface area contributed by atoms with Gasteiger partial charge in [0.05, 0.1) is 12.8 Å². The van der Waals surface area contributed by atoms with Gasteiger partial charge in [-0.3, -0.25) is 4.57 Å². The third-order valence-corrected chi connectivity index (χ3v) is 3.22. The first kappa shape index (κ1) is 13.9. The summed E-state index contributed by atoms with van der Waals surface area (Å²) in [5.41, 5.74) is 8.51. The minimum Gasteiger partial charge on any atom is -0.495 e. The molecule has 2 heterocycles. The van der Waals surface area contributed by atoms with Crippen LogP contribution in [0.15, 0.2) is 43.2 Å². The molecule has 3 aromatic rings. The van der Waals surface area contributed by atoms with Crippen molar-refractivity contribution in [2.75, 3.05) is 18.2 Å². The van der Waals surface area contributed by atoms with Gasteiger partial charge in [0.2, 0.25) is 0 Å². The Morgan fingerprint density at radius 1 is 1.27 bits per heavy atom. The van der Waals surface area contributed by atoms with Gasteiger partial charge in [-0.1, -0.05) is 6.07 Å². The number of nitrogens with one attached hydrogen (secondary N) is 1. The first-order valence-corrected chi connectivity index (χ1v) is 6.69. The number of nitrogen functional groups attached to an aromatic ring is 1. The van der Waals surface area contributed by atoms with Crippen molar-refractivity contribution >= 4 is 17.2 Å². The highest BCUT2D eigenvalue weighted by Crippen LogP contribution is 2.31. The summed E-state index contributed by atoms with van der Waals surface area (Å²) < 4.78 is 7.08. The lowest BCUT2D eigenvalue weighted by Gasteiger charge is -2.14. The van der Waals surface area contributed by atoms with E-state index in [2.05, 4.69) is 20.3 Å². The minimum absolute atomic E-state index is 0.434. The van der Waals surface area contributed by atoms with Crippen LogP contribution in [-0.2, 0) is 0 Å². The van der Waals surface area contributed by atoms with Gasteiger partial charge in [-0.25, -0.2) is 15.0 Å². The minimum atomic E-state index is 0.434. The molecule has 0 amide bonds. The van der Waals surface area contributed by atoms with E-state index in [1.807, 2.05) is 25.1 Å². The van der Waals surface area contributed by atoms with Crippen molar-refractivity contribution < 1.29 is 4.74 Å². The van der Waals surface area contributed by atoms with E-state index < -0.39 is 0 Å².